The second-order valence-electron chi connectivity index (χ2n) is 10.9. The van der Waals surface area contributed by atoms with Crippen LogP contribution in [-0.2, 0) is 19.2 Å². The lowest BCUT2D eigenvalue weighted by atomic mass is 10.0. The van der Waals surface area contributed by atoms with Gasteiger partial charge in [0.1, 0.15) is 18.4 Å². The van der Waals surface area contributed by atoms with Crippen molar-refractivity contribution in [2.45, 2.75) is 141 Å². The fraction of sp³-hybridized carbons (Fsp3) is 0.800. The van der Waals surface area contributed by atoms with Crippen molar-refractivity contribution in [1.29, 1.82) is 0 Å². The van der Waals surface area contributed by atoms with Gasteiger partial charge < -0.3 is 26.8 Å². The molecule has 0 aromatic carbocycles. The predicted molar refractivity (Wildman–Crippen MR) is 163 cm³/mol. The first-order valence-electron chi connectivity index (χ1n) is 15.7. The summed E-state index contributed by atoms with van der Waals surface area (Å²) in [5.41, 5.74) is 5.48. The molecule has 0 saturated carbocycles. The van der Waals surface area contributed by atoms with Gasteiger partial charge in [-0.05, 0) is 32.2 Å². The maximum absolute atomic E-state index is 12.9. The monoisotopic (exact) mass is 578 g/mol. The van der Waals surface area contributed by atoms with Crippen LogP contribution in [0, 0.1) is 0 Å². The molecule has 0 unspecified atom stereocenters. The molecule has 0 radical (unpaired) electrons. The molecule has 0 spiro atoms. The van der Waals surface area contributed by atoms with Crippen molar-refractivity contribution >= 4 is 36.2 Å². The van der Waals surface area contributed by atoms with Gasteiger partial charge in [0, 0.05) is 19.1 Å². The first-order chi connectivity index (χ1) is 19.9. The summed E-state index contributed by atoms with van der Waals surface area (Å²) in [6.45, 7) is 2.41. The lowest BCUT2D eigenvalue weighted by Gasteiger charge is -2.22. The van der Waals surface area contributed by atoms with Gasteiger partial charge in [-0.25, -0.2) is 9.79 Å². The van der Waals surface area contributed by atoms with E-state index in [1.54, 1.807) is 6.21 Å². The van der Waals surface area contributed by atoms with Crippen LogP contribution in [0.15, 0.2) is 9.98 Å². The normalized spacial score (nSPS) is 15.4. The number of hydrogen-bond acceptors (Lipinski definition) is 7. The van der Waals surface area contributed by atoms with Crippen LogP contribution in [0.1, 0.15) is 122 Å². The topological polar surface area (TPSA) is 175 Å². The summed E-state index contributed by atoms with van der Waals surface area (Å²) in [4.78, 5) is 57.3. The van der Waals surface area contributed by atoms with E-state index < -0.39 is 35.9 Å². The number of rotatable bonds is 26. The minimum absolute atomic E-state index is 0.125. The second-order valence-corrected chi connectivity index (χ2v) is 10.9. The van der Waals surface area contributed by atoms with E-state index in [4.69, 9.17) is 5.73 Å². The molecule has 41 heavy (non-hydrogen) atoms. The molecular weight excluding hydrogens is 524 g/mol. The molecule has 6 N–H and O–H groups in total. The predicted octanol–water partition coefficient (Wildman–Crippen LogP) is 3.64. The fourth-order valence-corrected chi connectivity index (χ4v) is 4.73. The SMILES string of the molecule is CCCCCCCCCCCCCCCC(=O)NCC(=O)N[C@@H](C[C@@H]1C=NC=N1)C(=O)N[C@@H](CCCCN)C(=O)O. The number of amides is 3. The lowest BCUT2D eigenvalue weighted by Crippen LogP contribution is -2.54. The Bertz CT molecular complexity index is 807. The molecule has 1 aliphatic rings. The Balaban J connectivity index is 2.29. The van der Waals surface area contributed by atoms with Gasteiger partial charge in [-0.1, -0.05) is 84.0 Å². The van der Waals surface area contributed by atoms with E-state index in [0.717, 1.165) is 19.3 Å². The van der Waals surface area contributed by atoms with Crippen molar-refractivity contribution in [3.8, 4) is 0 Å². The number of nitrogens with zero attached hydrogens (tertiary/aromatic N) is 2. The van der Waals surface area contributed by atoms with E-state index in [9.17, 15) is 24.3 Å². The van der Waals surface area contributed by atoms with Crippen LogP contribution in [0.4, 0.5) is 0 Å². The highest BCUT2D eigenvalue weighted by atomic mass is 16.4. The number of carbonyl (C=O) groups is 4. The molecule has 11 heteroatoms. The smallest absolute Gasteiger partial charge is 0.326 e. The molecule has 0 bridgehead atoms. The maximum Gasteiger partial charge on any atom is 0.326 e. The average molecular weight is 579 g/mol. The third-order valence-corrected chi connectivity index (χ3v) is 7.23. The Hall–Kier alpha value is -2.82. The molecular formula is C30H54N6O5. The minimum atomic E-state index is -1.15. The Morgan fingerprint density at radius 2 is 1.41 bits per heavy atom. The first kappa shape index (κ1) is 36.2. The summed E-state index contributed by atoms with van der Waals surface area (Å²) in [5.74, 6) is -2.51. The largest absolute Gasteiger partial charge is 0.480 e. The zero-order valence-corrected chi connectivity index (χ0v) is 25.1. The Morgan fingerprint density at radius 3 is 1.95 bits per heavy atom. The van der Waals surface area contributed by atoms with Crippen molar-refractivity contribution < 1.29 is 24.3 Å². The highest BCUT2D eigenvalue weighted by molar-refractivity contribution is 5.92. The molecule has 3 amide bonds. The minimum Gasteiger partial charge on any atom is -0.480 e. The van der Waals surface area contributed by atoms with Gasteiger partial charge in [-0.15, -0.1) is 0 Å². The summed E-state index contributed by atoms with van der Waals surface area (Å²) in [6.07, 6.45) is 20.8. The van der Waals surface area contributed by atoms with Crippen LogP contribution in [0.5, 0.6) is 0 Å². The Morgan fingerprint density at radius 1 is 0.805 bits per heavy atom. The van der Waals surface area contributed by atoms with Gasteiger partial charge in [0.25, 0.3) is 0 Å². The summed E-state index contributed by atoms with van der Waals surface area (Å²) >= 11 is 0. The van der Waals surface area contributed by atoms with E-state index in [2.05, 4.69) is 32.9 Å². The number of hydrogen-bond donors (Lipinski definition) is 5. The highest BCUT2D eigenvalue weighted by Crippen LogP contribution is 2.13. The van der Waals surface area contributed by atoms with Gasteiger partial charge in [0.05, 0.1) is 12.6 Å². The van der Waals surface area contributed by atoms with Crippen molar-refractivity contribution in [3.63, 3.8) is 0 Å². The third kappa shape index (κ3) is 19.0. The molecule has 0 aromatic rings. The van der Waals surface area contributed by atoms with Crippen LogP contribution in [0.3, 0.4) is 0 Å². The average Bonchev–Trinajstić information content (AvgIpc) is 3.46. The van der Waals surface area contributed by atoms with Crippen LogP contribution >= 0.6 is 0 Å². The number of nitrogens with one attached hydrogen (secondary N) is 3. The van der Waals surface area contributed by atoms with Crippen LogP contribution in [0.2, 0.25) is 0 Å². The number of carbonyl (C=O) groups excluding carboxylic acids is 3. The third-order valence-electron chi connectivity index (χ3n) is 7.23. The summed E-state index contributed by atoms with van der Waals surface area (Å²) < 4.78 is 0. The Labute approximate surface area is 246 Å². The molecule has 0 saturated heterocycles. The number of aliphatic carboxylic acids is 1. The Kier molecular flexibility index (Phi) is 21.1. The van der Waals surface area contributed by atoms with Crippen molar-refractivity contribution in [2.75, 3.05) is 13.1 Å². The van der Waals surface area contributed by atoms with Gasteiger partial charge >= 0.3 is 5.97 Å². The van der Waals surface area contributed by atoms with E-state index in [1.165, 1.54) is 70.5 Å². The fourth-order valence-electron chi connectivity index (χ4n) is 4.73. The molecule has 3 atom stereocenters. The van der Waals surface area contributed by atoms with Crippen molar-refractivity contribution in [1.82, 2.24) is 16.0 Å². The molecule has 1 heterocycles. The zero-order chi connectivity index (χ0) is 30.1. The number of carboxylic acid groups (broad SMARTS) is 1. The molecule has 0 aromatic heterocycles. The van der Waals surface area contributed by atoms with Crippen molar-refractivity contribution in [3.05, 3.63) is 0 Å². The second kappa shape index (κ2) is 23.8. The number of aliphatic imine (C=N–C) groups is 2. The molecule has 11 nitrogen and oxygen atoms in total. The van der Waals surface area contributed by atoms with Gasteiger partial charge in [0.15, 0.2) is 0 Å². The standard InChI is InChI=1S/C30H54N6O5/c1-2-3-4-5-6-7-8-9-10-11-12-13-14-18-27(37)33-22-28(38)35-26(20-24-21-32-23-34-24)29(39)36-25(30(40)41)17-15-16-19-31/h21,23-26H,2-20,22,31H2,1H3,(H,33,37)(H,35,38)(H,36,39)(H,40,41)/t24-,25+,26+/m1/s1. The van der Waals surface area contributed by atoms with Crippen molar-refractivity contribution in [2.24, 2.45) is 15.7 Å². The van der Waals surface area contributed by atoms with E-state index in [-0.39, 0.29) is 25.3 Å². The maximum atomic E-state index is 12.9. The zero-order valence-electron chi connectivity index (χ0n) is 25.1. The quantitative estimate of drug-likeness (QED) is 0.0979. The first-order valence-corrected chi connectivity index (χ1v) is 15.7. The van der Waals surface area contributed by atoms with Gasteiger partial charge in [-0.2, -0.15) is 0 Å². The summed E-state index contributed by atoms with van der Waals surface area (Å²) in [7, 11) is 0. The lowest BCUT2D eigenvalue weighted by molar-refractivity contribution is -0.142. The molecule has 1 rings (SSSR count). The number of carboxylic acids is 1. The van der Waals surface area contributed by atoms with Crippen LogP contribution in [0.25, 0.3) is 0 Å². The number of nitrogens with two attached hydrogens (primary N) is 1. The van der Waals surface area contributed by atoms with E-state index >= 15 is 0 Å². The van der Waals surface area contributed by atoms with Gasteiger partial charge in [-0.3, -0.25) is 19.4 Å². The summed E-state index contributed by atoms with van der Waals surface area (Å²) in [6, 6.07) is -2.52. The van der Waals surface area contributed by atoms with Crippen LogP contribution < -0.4 is 21.7 Å². The van der Waals surface area contributed by atoms with E-state index in [0.29, 0.717) is 25.8 Å². The van der Waals surface area contributed by atoms with Crippen LogP contribution in [-0.4, -0.2) is 72.6 Å². The van der Waals surface area contributed by atoms with E-state index in [1.807, 2.05) is 0 Å². The molecule has 1 aliphatic heterocycles. The molecule has 234 valence electrons. The molecule has 0 fully saturated rings. The van der Waals surface area contributed by atoms with Gasteiger partial charge in [0.2, 0.25) is 17.7 Å². The highest BCUT2D eigenvalue weighted by Gasteiger charge is 2.28. The number of unbranched alkanes of at least 4 members (excludes halogenated alkanes) is 13. The molecule has 0 aliphatic carbocycles. The summed E-state index contributed by atoms with van der Waals surface area (Å²) in [5, 5.41) is 17.2.